The molecule has 0 spiro atoms. The second-order valence-electron chi connectivity index (χ2n) is 0.408. The third-order valence-electron chi connectivity index (χ3n) is 0. The SMILES string of the molecule is B.CSC.[NaH]. The monoisotopic (exact) mass is 100 g/mol. The van der Waals surface area contributed by atoms with Gasteiger partial charge in [-0.05, 0) is 12.5 Å². The summed E-state index contributed by atoms with van der Waals surface area (Å²) >= 11 is 1.75. The van der Waals surface area contributed by atoms with Crippen molar-refractivity contribution in [1.29, 1.82) is 0 Å². The molecule has 0 N–H and O–H groups in total. The minimum atomic E-state index is 0. The second kappa shape index (κ2) is 18.1. The van der Waals surface area contributed by atoms with Gasteiger partial charge in [-0.15, -0.1) is 0 Å². The normalized spacial score (nSPS) is 3.60. The Kier molecular flexibility index (Phi) is 58.4. The number of thioether (sulfide) groups is 1. The van der Waals surface area contributed by atoms with Crippen LogP contribution in [0.25, 0.3) is 0 Å². The summed E-state index contributed by atoms with van der Waals surface area (Å²) in [6.45, 7) is 0. The molecule has 0 nitrogen and oxygen atoms in total. The van der Waals surface area contributed by atoms with Gasteiger partial charge in [-0.3, -0.25) is 0 Å². The number of hydrogen-bond acceptors (Lipinski definition) is 1. The first kappa shape index (κ1) is 16.1. The van der Waals surface area contributed by atoms with Crippen LogP contribution in [0.2, 0.25) is 0 Å². The first-order valence-electron chi connectivity index (χ1n) is 0.816. The van der Waals surface area contributed by atoms with E-state index in [0.29, 0.717) is 0 Å². The van der Waals surface area contributed by atoms with E-state index in [1.807, 2.05) is 12.5 Å². The average molecular weight is 100.0 g/mol. The third-order valence-corrected chi connectivity index (χ3v) is 0. The molecule has 0 aliphatic carbocycles. The van der Waals surface area contributed by atoms with Crippen molar-refractivity contribution in [3.8, 4) is 0 Å². The van der Waals surface area contributed by atoms with Gasteiger partial charge in [-0.2, -0.15) is 11.8 Å². The summed E-state index contributed by atoms with van der Waals surface area (Å²) in [6, 6.07) is 0. The fraction of sp³-hybridized carbons (Fsp3) is 1.00. The van der Waals surface area contributed by atoms with Crippen LogP contribution in [0.15, 0.2) is 0 Å². The fourth-order valence-electron chi connectivity index (χ4n) is 0. The Balaban J connectivity index is -0.0000000200. The molecule has 5 heavy (non-hydrogen) atoms. The van der Waals surface area contributed by atoms with Gasteiger partial charge in [0.1, 0.15) is 0 Å². The topological polar surface area (TPSA) is 0 Å². The zero-order valence-electron chi connectivity index (χ0n) is 2.41. The Hall–Kier alpha value is 1.41. The van der Waals surface area contributed by atoms with Crippen molar-refractivity contribution in [1.82, 2.24) is 0 Å². The molecular weight excluding hydrogens is 89.9 g/mol. The van der Waals surface area contributed by atoms with E-state index in [1.54, 1.807) is 11.8 Å². The van der Waals surface area contributed by atoms with Gasteiger partial charge in [0.25, 0.3) is 0 Å². The van der Waals surface area contributed by atoms with Crippen LogP contribution < -0.4 is 0 Å². The predicted molar refractivity (Wildman–Crippen MR) is 36.5 cm³/mol. The molecule has 0 saturated carbocycles. The van der Waals surface area contributed by atoms with Gasteiger partial charge in [-0.1, -0.05) is 0 Å². The molecule has 28 valence electrons. The van der Waals surface area contributed by atoms with Gasteiger partial charge >= 0.3 is 29.6 Å². The van der Waals surface area contributed by atoms with Gasteiger partial charge in [-0.25, -0.2) is 0 Å². The van der Waals surface area contributed by atoms with E-state index in [0.717, 1.165) is 0 Å². The average Bonchev–Trinajstić information content (AvgIpc) is 0.918. The van der Waals surface area contributed by atoms with Gasteiger partial charge in [0.15, 0.2) is 0 Å². The Bertz CT molecular complexity index is 9.61. The summed E-state index contributed by atoms with van der Waals surface area (Å²) < 4.78 is 0. The van der Waals surface area contributed by atoms with E-state index in [2.05, 4.69) is 0 Å². The molecule has 0 atom stereocenters. The van der Waals surface area contributed by atoms with Crippen LogP contribution in [0, 0.1) is 0 Å². The quantitative estimate of drug-likeness (QED) is 0.357. The maximum absolute atomic E-state index is 2.04. The third kappa shape index (κ3) is 31.5. The maximum atomic E-state index is 2.04. The molecule has 0 bridgehead atoms. The molecule has 0 aromatic carbocycles. The molecular formula is C2H10BNaS. The second-order valence-corrected chi connectivity index (χ2v) is 1.22. The Morgan fingerprint density at radius 2 is 1.20 bits per heavy atom. The molecule has 0 aromatic rings. The Labute approximate surface area is 62.0 Å². The van der Waals surface area contributed by atoms with E-state index >= 15 is 0 Å². The van der Waals surface area contributed by atoms with Crippen LogP contribution >= 0.6 is 11.8 Å². The van der Waals surface area contributed by atoms with E-state index in [4.69, 9.17) is 0 Å². The summed E-state index contributed by atoms with van der Waals surface area (Å²) in [6.07, 6.45) is 4.08. The van der Waals surface area contributed by atoms with Crippen LogP contribution in [-0.4, -0.2) is 50.5 Å². The molecule has 0 fully saturated rings. The van der Waals surface area contributed by atoms with Crippen LogP contribution in [0.1, 0.15) is 0 Å². The first-order chi connectivity index (χ1) is 1.41. The molecule has 3 heteroatoms. The Morgan fingerprint density at radius 1 is 1.20 bits per heavy atom. The summed E-state index contributed by atoms with van der Waals surface area (Å²) in [5, 5.41) is 0. The van der Waals surface area contributed by atoms with Crippen molar-refractivity contribution >= 4 is 49.7 Å². The molecule has 0 saturated heterocycles. The zero-order chi connectivity index (χ0) is 2.71. The summed E-state index contributed by atoms with van der Waals surface area (Å²) in [7, 11) is 0. The van der Waals surface area contributed by atoms with Crippen molar-refractivity contribution in [2.24, 2.45) is 0 Å². The molecule has 0 aromatic heterocycles. The number of hydrogen-bond donors (Lipinski definition) is 0. The predicted octanol–water partition coefficient (Wildman–Crippen LogP) is -0.853. The standard InChI is InChI=1S/C2H6S.BH3.Na.H/c1-3-2;;;/h1-2H3;1H3;;. The van der Waals surface area contributed by atoms with Crippen molar-refractivity contribution in [3.05, 3.63) is 0 Å². The van der Waals surface area contributed by atoms with Crippen LogP contribution in [0.3, 0.4) is 0 Å². The van der Waals surface area contributed by atoms with Gasteiger partial charge in [0.2, 0.25) is 0 Å². The fourth-order valence-corrected chi connectivity index (χ4v) is 0. The Morgan fingerprint density at radius 3 is 1.20 bits per heavy atom. The van der Waals surface area contributed by atoms with E-state index in [-0.39, 0.29) is 38.0 Å². The van der Waals surface area contributed by atoms with Gasteiger partial charge < -0.3 is 0 Å². The van der Waals surface area contributed by atoms with E-state index < -0.39 is 0 Å². The molecule has 0 rings (SSSR count). The van der Waals surface area contributed by atoms with E-state index in [9.17, 15) is 0 Å². The minimum absolute atomic E-state index is 0. The van der Waals surface area contributed by atoms with Crippen LogP contribution in [0.5, 0.6) is 0 Å². The first-order valence-corrected chi connectivity index (χ1v) is 2.45. The molecule has 0 heterocycles. The molecule has 0 aliphatic rings. The van der Waals surface area contributed by atoms with Crippen molar-refractivity contribution in [2.45, 2.75) is 0 Å². The van der Waals surface area contributed by atoms with Crippen molar-refractivity contribution < 1.29 is 0 Å². The van der Waals surface area contributed by atoms with Gasteiger partial charge in [0.05, 0.1) is 8.41 Å². The van der Waals surface area contributed by atoms with Crippen LogP contribution in [-0.2, 0) is 0 Å². The van der Waals surface area contributed by atoms with Gasteiger partial charge in [0, 0.05) is 0 Å². The van der Waals surface area contributed by atoms with Crippen LogP contribution in [0.4, 0.5) is 0 Å². The number of rotatable bonds is 0. The molecule has 0 aliphatic heterocycles. The molecule has 0 amide bonds. The van der Waals surface area contributed by atoms with Crippen molar-refractivity contribution in [2.75, 3.05) is 12.5 Å². The molecule has 0 unspecified atom stereocenters. The summed E-state index contributed by atoms with van der Waals surface area (Å²) in [5.41, 5.74) is 0. The summed E-state index contributed by atoms with van der Waals surface area (Å²) in [5.74, 6) is 0. The summed E-state index contributed by atoms with van der Waals surface area (Å²) in [4.78, 5) is 0. The zero-order valence-corrected chi connectivity index (χ0v) is 3.22. The van der Waals surface area contributed by atoms with E-state index in [1.165, 1.54) is 0 Å². The molecule has 0 radical (unpaired) electrons. The van der Waals surface area contributed by atoms with Crippen molar-refractivity contribution in [3.63, 3.8) is 0 Å².